The Labute approximate surface area is 196 Å². The fourth-order valence-corrected chi connectivity index (χ4v) is 3.37. The zero-order valence-electron chi connectivity index (χ0n) is 18.9. The summed E-state index contributed by atoms with van der Waals surface area (Å²) in [6.07, 6.45) is 1.80. The number of carbonyl (C=O) groups excluding carboxylic acids is 1. The van der Waals surface area contributed by atoms with E-state index < -0.39 is 16.0 Å². The monoisotopic (exact) mass is 485 g/mol. The number of primary sulfonamides is 1. The second-order valence-electron chi connectivity index (χ2n) is 8.24. The number of esters is 1. The molecule has 0 fully saturated rings. The van der Waals surface area contributed by atoms with Crippen LogP contribution in [0.2, 0.25) is 0 Å². The van der Waals surface area contributed by atoms with Gasteiger partial charge in [0.05, 0.1) is 32.4 Å². The van der Waals surface area contributed by atoms with Gasteiger partial charge in [-0.2, -0.15) is 0 Å². The number of quaternary nitrogens is 1. The number of hydrogen-bond acceptors (Lipinski definition) is 6. The second-order valence-corrected chi connectivity index (χ2v) is 9.77. The first-order chi connectivity index (χ1) is 14.5. The van der Waals surface area contributed by atoms with E-state index in [9.17, 15) is 13.2 Å². The molecule has 10 heteroatoms. The van der Waals surface area contributed by atoms with Crippen molar-refractivity contribution in [2.45, 2.75) is 24.7 Å². The molecule has 2 rings (SSSR count). The lowest BCUT2D eigenvalue weighted by Gasteiger charge is -2.23. The lowest BCUT2D eigenvalue weighted by atomic mass is 10.1. The van der Waals surface area contributed by atoms with Gasteiger partial charge in [-0.15, -0.1) is 0 Å². The SMILES string of the molecule is CCCCNc1cc(C(=O)OCC[N+](C)(C)C)cc(S(N)(=O)=O)c1Oc1ccccc1.[Cl-]. The number of para-hydroxylation sites is 1. The highest BCUT2D eigenvalue weighted by atomic mass is 35.5. The summed E-state index contributed by atoms with van der Waals surface area (Å²) in [6.45, 7) is 3.44. The minimum Gasteiger partial charge on any atom is -1.00 e. The van der Waals surface area contributed by atoms with Gasteiger partial charge in [0.15, 0.2) is 5.75 Å². The average molecular weight is 486 g/mol. The van der Waals surface area contributed by atoms with E-state index in [1.54, 1.807) is 24.3 Å². The predicted molar refractivity (Wildman–Crippen MR) is 121 cm³/mol. The van der Waals surface area contributed by atoms with Crippen molar-refractivity contribution >= 4 is 21.7 Å². The minimum atomic E-state index is -4.18. The van der Waals surface area contributed by atoms with Crippen LogP contribution in [-0.4, -0.2) is 59.7 Å². The molecule has 0 saturated heterocycles. The van der Waals surface area contributed by atoms with Crippen LogP contribution in [0.15, 0.2) is 47.4 Å². The zero-order chi connectivity index (χ0) is 23.1. The van der Waals surface area contributed by atoms with E-state index in [2.05, 4.69) is 5.32 Å². The molecule has 0 amide bonds. The Morgan fingerprint density at radius 2 is 1.78 bits per heavy atom. The molecule has 0 bridgehead atoms. The van der Waals surface area contributed by atoms with Crippen molar-refractivity contribution in [3.05, 3.63) is 48.0 Å². The van der Waals surface area contributed by atoms with Crippen molar-refractivity contribution in [2.75, 3.05) is 46.2 Å². The summed E-state index contributed by atoms with van der Waals surface area (Å²) < 4.78 is 36.6. The number of anilines is 1. The smallest absolute Gasteiger partial charge is 0.338 e. The number of rotatable bonds is 11. The third kappa shape index (κ3) is 8.66. The number of nitrogens with two attached hydrogens (primary N) is 1. The van der Waals surface area contributed by atoms with Gasteiger partial charge in [-0.05, 0) is 30.7 Å². The quantitative estimate of drug-likeness (QED) is 0.267. The first-order valence-electron chi connectivity index (χ1n) is 10.2. The van der Waals surface area contributed by atoms with Gasteiger partial charge < -0.3 is 31.7 Å². The summed E-state index contributed by atoms with van der Waals surface area (Å²) in [5, 5.41) is 8.64. The highest BCUT2D eigenvalue weighted by Gasteiger charge is 2.24. The Balaban J connectivity index is 0.00000512. The maximum absolute atomic E-state index is 12.6. The van der Waals surface area contributed by atoms with Crippen LogP contribution in [0.1, 0.15) is 30.1 Å². The molecule has 0 aliphatic heterocycles. The Hall–Kier alpha value is -2.33. The number of carbonyl (C=O) groups is 1. The van der Waals surface area contributed by atoms with E-state index in [1.165, 1.54) is 12.1 Å². The van der Waals surface area contributed by atoms with E-state index in [-0.39, 0.29) is 35.2 Å². The maximum Gasteiger partial charge on any atom is 0.338 e. The molecular formula is C22H32ClN3O5S. The predicted octanol–water partition coefficient (Wildman–Crippen LogP) is 0.205. The van der Waals surface area contributed by atoms with Crippen molar-refractivity contribution in [2.24, 2.45) is 5.14 Å². The topological polar surface area (TPSA) is 108 Å². The van der Waals surface area contributed by atoms with Crippen molar-refractivity contribution < 1.29 is 39.6 Å². The highest BCUT2D eigenvalue weighted by molar-refractivity contribution is 7.89. The van der Waals surface area contributed by atoms with Gasteiger partial charge in [0.25, 0.3) is 0 Å². The minimum absolute atomic E-state index is 0. The van der Waals surface area contributed by atoms with Gasteiger partial charge in [-0.25, -0.2) is 18.4 Å². The van der Waals surface area contributed by atoms with Crippen LogP contribution >= 0.6 is 0 Å². The van der Waals surface area contributed by atoms with E-state index in [0.29, 0.717) is 29.0 Å². The normalized spacial score (nSPS) is 11.4. The highest BCUT2D eigenvalue weighted by Crippen LogP contribution is 2.37. The van der Waals surface area contributed by atoms with Crippen molar-refractivity contribution in [3.63, 3.8) is 0 Å². The van der Waals surface area contributed by atoms with Gasteiger partial charge >= 0.3 is 5.97 Å². The van der Waals surface area contributed by atoms with E-state index in [4.69, 9.17) is 14.6 Å². The maximum atomic E-state index is 12.6. The van der Waals surface area contributed by atoms with E-state index in [0.717, 1.165) is 12.8 Å². The molecule has 0 atom stereocenters. The zero-order valence-corrected chi connectivity index (χ0v) is 20.5. The number of ether oxygens (including phenoxy) is 2. The first kappa shape index (κ1) is 27.7. The molecule has 0 aliphatic carbocycles. The van der Waals surface area contributed by atoms with Crippen LogP contribution < -0.4 is 27.6 Å². The van der Waals surface area contributed by atoms with Crippen LogP contribution in [0.4, 0.5) is 5.69 Å². The van der Waals surface area contributed by atoms with Gasteiger partial charge in [0, 0.05) is 6.54 Å². The van der Waals surface area contributed by atoms with Crippen LogP contribution in [0.5, 0.6) is 11.5 Å². The number of sulfonamides is 1. The summed E-state index contributed by atoms with van der Waals surface area (Å²) in [4.78, 5) is 12.3. The fraction of sp³-hybridized carbons (Fsp3) is 0.409. The summed E-state index contributed by atoms with van der Waals surface area (Å²) in [7, 11) is 1.77. The molecule has 32 heavy (non-hydrogen) atoms. The van der Waals surface area contributed by atoms with Gasteiger partial charge in [-0.1, -0.05) is 31.5 Å². The third-order valence-corrected chi connectivity index (χ3v) is 5.32. The third-order valence-electron chi connectivity index (χ3n) is 4.40. The molecule has 3 N–H and O–H groups in total. The number of hydrogen-bond donors (Lipinski definition) is 2. The number of nitrogens with one attached hydrogen (secondary N) is 1. The Kier molecular flexibility index (Phi) is 10.4. The molecule has 0 aliphatic rings. The van der Waals surface area contributed by atoms with Crippen LogP contribution in [-0.2, 0) is 14.8 Å². The van der Waals surface area contributed by atoms with Gasteiger partial charge in [-0.3, -0.25) is 0 Å². The molecule has 0 radical (unpaired) electrons. The van der Waals surface area contributed by atoms with E-state index >= 15 is 0 Å². The molecular weight excluding hydrogens is 454 g/mol. The summed E-state index contributed by atoms with van der Waals surface area (Å²) in [5.74, 6) is -0.125. The van der Waals surface area contributed by atoms with Gasteiger partial charge in [0.1, 0.15) is 23.8 Å². The summed E-state index contributed by atoms with van der Waals surface area (Å²) in [5.41, 5.74) is 0.451. The lowest BCUT2D eigenvalue weighted by Crippen LogP contribution is -3.00. The summed E-state index contributed by atoms with van der Waals surface area (Å²) >= 11 is 0. The fourth-order valence-electron chi connectivity index (χ4n) is 2.67. The van der Waals surface area contributed by atoms with Crippen molar-refractivity contribution in [1.82, 2.24) is 0 Å². The molecule has 2 aromatic carbocycles. The summed E-state index contributed by atoms with van der Waals surface area (Å²) in [6, 6.07) is 11.5. The first-order valence-corrected chi connectivity index (χ1v) is 11.7. The number of likely N-dealkylation sites (N-methyl/N-ethyl adjacent to an activating group) is 1. The molecule has 2 aromatic rings. The Bertz CT molecular complexity index is 993. The molecule has 0 spiro atoms. The van der Waals surface area contributed by atoms with Crippen LogP contribution in [0.25, 0.3) is 0 Å². The number of benzene rings is 2. The molecule has 0 saturated carbocycles. The Morgan fingerprint density at radius 1 is 1.12 bits per heavy atom. The molecule has 178 valence electrons. The molecule has 8 nitrogen and oxygen atoms in total. The molecule has 0 aromatic heterocycles. The molecule has 0 heterocycles. The number of unbranched alkanes of at least 4 members (excludes halogenated alkanes) is 1. The largest absolute Gasteiger partial charge is 1.00 e. The Morgan fingerprint density at radius 3 is 2.34 bits per heavy atom. The van der Waals surface area contributed by atoms with Crippen LogP contribution in [0.3, 0.4) is 0 Å². The standard InChI is InChI=1S/C22H32N3O5S.ClH/c1-5-6-12-24-19-15-17(22(26)29-14-13-25(2,3)4)16-20(31(23,27)28)21(19)30-18-10-8-7-9-11-18;/h7-11,15-16,24H,5-6,12-14H2,1-4H3,(H2,23,27,28);1H/q+1;/p-1. The number of halogens is 1. The van der Waals surface area contributed by atoms with Crippen molar-refractivity contribution in [1.29, 1.82) is 0 Å². The van der Waals surface area contributed by atoms with Crippen molar-refractivity contribution in [3.8, 4) is 11.5 Å². The molecule has 0 unspecified atom stereocenters. The number of nitrogens with zero attached hydrogens (tertiary/aromatic N) is 1. The van der Waals surface area contributed by atoms with E-state index in [1.807, 2.05) is 34.1 Å². The average Bonchev–Trinajstić information content (AvgIpc) is 2.68. The van der Waals surface area contributed by atoms with Gasteiger partial charge in [0.2, 0.25) is 10.0 Å². The lowest BCUT2D eigenvalue weighted by molar-refractivity contribution is -0.870. The second kappa shape index (κ2) is 12.1. The van der Waals surface area contributed by atoms with Crippen LogP contribution in [0, 0.1) is 0 Å².